The van der Waals surface area contributed by atoms with Crippen LogP contribution in [-0.2, 0) is 4.74 Å². The van der Waals surface area contributed by atoms with E-state index in [4.69, 9.17) is 4.74 Å². The molecule has 0 amide bonds. The average Bonchev–Trinajstić information content (AvgIpc) is 2.65. The van der Waals surface area contributed by atoms with Crippen LogP contribution < -0.4 is 0 Å². The summed E-state index contributed by atoms with van der Waals surface area (Å²) in [6.45, 7) is 2.17. The van der Waals surface area contributed by atoms with Gasteiger partial charge in [-0.1, -0.05) is 0 Å². The molecule has 0 saturated carbocycles. The smallest absolute Gasteiger partial charge is 0.338 e. The highest BCUT2D eigenvalue weighted by Gasteiger charge is 2.15. The fourth-order valence-corrected chi connectivity index (χ4v) is 1.35. The van der Waals surface area contributed by atoms with E-state index in [9.17, 15) is 4.79 Å². The number of carbonyl (C=O) groups is 1. The highest BCUT2D eigenvalue weighted by Crippen LogP contribution is 2.22. The standard InChI is InChI=1S/C10H10N2O2/c1-2-14-10(13)7-3-4-12-9-6-11-5-8(7)9/h3-6,12H,2H2,1H3. The van der Waals surface area contributed by atoms with Crippen molar-refractivity contribution in [2.45, 2.75) is 6.92 Å². The van der Waals surface area contributed by atoms with E-state index in [0.29, 0.717) is 12.2 Å². The van der Waals surface area contributed by atoms with Crippen molar-refractivity contribution < 1.29 is 9.53 Å². The first kappa shape index (κ1) is 8.74. The molecule has 2 heterocycles. The van der Waals surface area contributed by atoms with Gasteiger partial charge in [0.15, 0.2) is 0 Å². The average molecular weight is 190 g/mol. The molecule has 0 bridgehead atoms. The van der Waals surface area contributed by atoms with Crippen LogP contribution in [0.1, 0.15) is 17.3 Å². The summed E-state index contributed by atoms with van der Waals surface area (Å²) in [5, 5.41) is 0. The predicted molar refractivity (Wildman–Crippen MR) is 51.2 cm³/mol. The minimum atomic E-state index is -0.306. The molecule has 0 atom stereocenters. The second kappa shape index (κ2) is 3.49. The van der Waals surface area contributed by atoms with Gasteiger partial charge in [0, 0.05) is 18.0 Å². The molecule has 72 valence electrons. The van der Waals surface area contributed by atoms with Crippen LogP contribution >= 0.6 is 0 Å². The summed E-state index contributed by atoms with van der Waals surface area (Å²) in [6, 6.07) is 1.70. The molecule has 0 spiro atoms. The number of carbonyl (C=O) groups excluding carboxylic acids is 1. The first-order valence-electron chi connectivity index (χ1n) is 4.41. The largest absolute Gasteiger partial charge is 0.462 e. The normalized spacial score (nSPS) is 10.4. The summed E-state index contributed by atoms with van der Waals surface area (Å²) in [5.41, 5.74) is 2.19. The molecule has 2 rings (SSSR count). The Morgan fingerprint density at radius 3 is 3.21 bits per heavy atom. The maximum absolute atomic E-state index is 11.5. The number of hydrogen-bond donors (Lipinski definition) is 1. The molecular formula is C10H10N2O2. The Kier molecular flexibility index (Phi) is 2.18. The quantitative estimate of drug-likeness (QED) is 0.733. The number of pyridine rings is 1. The molecule has 0 aliphatic carbocycles. The van der Waals surface area contributed by atoms with Crippen molar-refractivity contribution in [3.05, 3.63) is 30.2 Å². The monoisotopic (exact) mass is 190 g/mol. The molecule has 14 heavy (non-hydrogen) atoms. The van der Waals surface area contributed by atoms with Crippen LogP contribution in [-0.4, -0.2) is 22.5 Å². The van der Waals surface area contributed by atoms with E-state index in [1.165, 1.54) is 0 Å². The Hall–Kier alpha value is -1.84. The van der Waals surface area contributed by atoms with Crippen LogP contribution in [0.3, 0.4) is 0 Å². The summed E-state index contributed by atoms with van der Waals surface area (Å²) in [6.07, 6.45) is 5.03. The molecule has 2 aliphatic heterocycles. The number of nitrogens with zero attached hydrogens (tertiary/aromatic N) is 1. The number of aromatic amines is 1. The zero-order valence-electron chi connectivity index (χ0n) is 7.78. The molecule has 0 aromatic carbocycles. The van der Waals surface area contributed by atoms with Gasteiger partial charge in [0.05, 0.1) is 24.1 Å². The summed E-state index contributed by atoms with van der Waals surface area (Å²) in [7, 11) is 0. The maximum Gasteiger partial charge on any atom is 0.338 e. The number of nitrogens with one attached hydrogen (secondary N) is 1. The van der Waals surface area contributed by atoms with Gasteiger partial charge in [0.25, 0.3) is 0 Å². The van der Waals surface area contributed by atoms with E-state index < -0.39 is 0 Å². The van der Waals surface area contributed by atoms with E-state index in [-0.39, 0.29) is 5.97 Å². The number of aromatic nitrogens is 2. The Balaban J connectivity index is 2.43. The predicted octanol–water partition coefficient (Wildman–Crippen LogP) is 1.69. The van der Waals surface area contributed by atoms with Gasteiger partial charge >= 0.3 is 5.97 Å². The molecule has 2 aliphatic rings. The molecule has 0 aromatic heterocycles. The Morgan fingerprint density at radius 2 is 2.43 bits per heavy atom. The molecule has 4 heteroatoms. The number of H-pyrrole nitrogens is 1. The van der Waals surface area contributed by atoms with Gasteiger partial charge in [-0.25, -0.2) is 4.79 Å². The topological polar surface area (TPSA) is 55.0 Å². The maximum atomic E-state index is 11.5. The second-order valence-electron chi connectivity index (χ2n) is 2.85. The minimum absolute atomic E-state index is 0.306. The lowest BCUT2D eigenvalue weighted by atomic mass is 10.1. The molecule has 0 fully saturated rings. The lowest BCUT2D eigenvalue weighted by Gasteiger charge is -2.05. The van der Waals surface area contributed by atoms with Crippen LogP contribution in [0.5, 0.6) is 0 Å². The van der Waals surface area contributed by atoms with Gasteiger partial charge in [-0.2, -0.15) is 0 Å². The Labute approximate surface area is 81.3 Å². The van der Waals surface area contributed by atoms with Crippen molar-refractivity contribution >= 4 is 5.97 Å². The summed E-state index contributed by atoms with van der Waals surface area (Å²) in [5.74, 6) is -0.306. The molecule has 0 aromatic rings. The van der Waals surface area contributed by atoms with Crippen molar-refractivity contribution in [3.8, 4) is 11.3 Å². The van der Waals surface area contributed by atoms with Gasteiger partial charge in [0.2, 0.25) is 0 Å². The molecular weight excluding hydrogens is 180 g/mol. The minimum Gasteiger partial charge on any atom is -0.462 e. The van der Waals surface area contributed by atoms with Crippen molar-refractivity contribution in [3.63, 3.8) is 0 Å². The third kappa shape index (κ3) is 1.35. The van der Waals surface area contributed by atoms with E-state index >= 15 is 0 Å². The van der Waals surface area contributed by atoms with E-state index in [2.05, 4.69) is 9.97 Å². The second-order valence-corrected chi connectivity index (χ2v) is 2.85. The molecule has 1 N–H and O–H groups in total. The van der Waals surface area contributed by atoms with Crippen LogP contribution in [0.25, 0.3) is 11.3 Å². The fraction of sp³-hybridized carbons (Fsp3) is 0.200. The van der Waals surface area contributed by atoms with Crippen LogP contribution in [0.2, 0.25) is 0 Å². The third-order valence-electron chi connectivity index (χ3n) is 1.97. The van der Waals surface area contributed by atoms with Crippen LogP contribution in [0.4, 0.5) is 0 Å². The summed E-state index contributed by atoms with van der Waals surface area (Å²) in [4.78, 5) is 18.5. The zero-order chi connectivity index (χ0) is 9.97. The molecule has 0 saturated heterocycles. The number of rotatable bonds is 2. The summed E-state index contributed by atoms with van der Waals surface area (Å²) < 4.78 is 4.92. The number of ether oxygens (including phenoxy) is 1. The highest BCUT2D eigenvalue weighted by atomic mass is 16.5. The van der Waals surface area contributed by atoms with E-state index in [1.807, 2.05) is 0 Å². The van der Waals surface area contributed by atoms with Crippen LogP contribution in [0.15, 0.2) is 24.7 Å². The van der Waals surface area contributed by atoms with Gasteiger partial charge in [0.1, 0.15) is 0 Å². The van der Waals surface area contributed by atoms with E-state index in [0.717, 1.165) is 11.3 Å². The van der Waals surface area contributed by atoms with Gasteiger partial charge in [-0.15, -0.1) is 0 Å². The van der Waals surface area contributed by atoms with Crippen molar-refractivity contribution in [2.75, 3.05) is 6.61 Å². The molecule has 0 unspecified atom stereocenters. The van der Waals surface area contributed by atoms with Crippen molar-refractivity contribution in [1.82, 2.24) is 9.97 Å². The van der Waals surface area contributed by atoms with Gasteiger partial charge in [-0.3, -0.25) is 4.98 Å². The first-order valence-corrected chi connectivity index (χ1v) is 4.41. The van der Waals surface area contributed by atoms with Crippen molar-refractivity contribution in [2.24, 2.45) is 0 Å². The zero-order valence-corrected chi connectivity index (χ0v) is 7.78. The first-order chi connectivity index (χ1) is 6.83. The van der Waals surface area contributed by atoms with Gasteiger partial charge in [-0.05, 0) is 13.0 Å². The Morgan fingerprint density at radius 1 is 1.57 bits per heavy atom. The van der Waals surface area contributed by atoms with E-state index in [1.54, 1.807) is 31.6 Å². The van der Waals surface area contributed by atoms with Gasteiger partial charge < -0.3 is 9.72 Å². The lowest BCUT2D eigenvalue weighted by Crippen LogP contribution is -2.06. The molecule has 0 radical (unpaired) electrons. The number of hydrogen-bond acceptors (Lipinski definition) is 3. The van der Waals surface area contributed by atoms with Crippen molar-refractivity contribution in [1.29, 1.82) is 0 Å². The molecule has 4 nitrogen and oxygen atoms in total. The highest BCUT2D eigenvalue weighted by molar-refractivity contribution is 5.96. The summed E-state index contributed by atoms with van der Waals surface area (Å²) >= 11 is 0. The van der Waals surface area contributed by atoms with Crippen LogP contribution in [0, 0.1) is 0 Å². The SMILES string of the molecule is CCOC(=O)c1cc[nH]c2cncc1-2. The third-order valence-corrected chi connectivity index (χ3v) is 1.97. The lowest BCUT2D eigenvalue weighted by molar-refractivity contribution is 0.0527. The number of esters is 1. The Bertz CT molecular complexity index is 422. The number of fused-ring (bicyclic) bond motifs is 1. The fourth-order valence-electron chi connectivity index (χ4n) is 1.35.